The summed E-state index contributed by atoms with van der Waals surface area (Å²) in [7, 11) is 1.80. The Bertz CT molecular complexity index is 683. The van der Waals surface area contributed by atoms with Crippen molar-refractivity contribution in [1.29, 1.82) is 0 Å². The SMILES string of the molecule is CN=C(NCCCc1nc(C(C)C)no1)NC(C)Cc1ccc(C)s1.I. The van der Waals surface area contributed by atoms with E-state index < -0.39 is 0 Å². The summed E-state index contributed by atoms with van der Waals surface area (Å²) in [6.07, 6.45) is 2.69. The van der Waals surface area contributed by atoms with Gasteiger partial charge in [-0.15, -0.1) is 35.3 Å². The molecule has 6 nitrogen and oxygen atoms in total. The lowest BCUT2D eigenvalue weighted by atomic mass is 10.2. The fourth-order valence-electron chi connectivity index (χ4n) is 2.43. The van der Waals surface area contributed by atoms with Crippen LogP contribution in [0.15, 0.2) is 21.6 Å². The zero-order chi connectivity index (χ0) is 18.2. The summed E-state index contributed by atoms with van der Waals surface area (Å²) >= 11 is 1.85. The molecule has 0 spiro atoms. The molecule has 0 aliphatic rings. The number of aliphatic imine (C=N–C) groups is 1. The molecule has 2 N–H and O–H groups in total. The van der Waals surface area contributed by atoms with Crippen molar-refractivity contribution in [2.75, 3.05) is 13.6 Å². The van der Waals surface area contributed by atoms with Gasteiger partial charge in [0.05, 0.1) is 0 Å². The molecule has 0 saturated carbocycles. The highest BCUT2D eigenvalue weighted by Crippen LogP contribution is 2.16. The molecule has 0 saturated heterocycles. The maximum atomic E-state index is 5.26. The van der Waals surface area contributed by atoms with Crippen molar-refractivity contribution >= 4 is 41.3 Å². The minimum absolute atomic E-state index is 0. The number of hydrogen-bond donors (Lipinski definition) is 2. The highest BCUT2D eigenvalue weighted by atomic mass is 127. The molecule has 0 aliphatic heterocycles. The van der Waals surface area contributed by atoms with E-state index >= 15 is 0 Å². The van der Waals surface area contributed by atoms with E-state index in [1.54, 1.807) is 7.05 Å². The summed E-state index contributed by atoms with van der Waals surface area (Å²) in [5.74, 6) is 2.61. The highest BCUT2D eigenvalue weighted by Gasteiger charge is 2.10. The lowest BCUT2D eigenvalue weighted by Crippen LogP contribution is -2.43. The number of hydrogen-bond acceptors (Lipinski definition) is 5. The van der Waals surface area contributed by atoms with E-state index in [9.17, 15) is 0 Å². The first kappa shape index (κ1) is 22.9. The second kappa shape index (κ2) is 11.5. The van der Waals surface area contributed by atoms with Crippen LogP contribution in [0.5, 0.6) is 0 Å². The first-order chi connectivity index (χ1) is 12.0. The van der Waals surface area contributed by atoms with E-state index in [2.05, 4.69) is 65.6 Å². The molecule has 1 atom stereocenters. The molecule has 0 radical (unpaired) electrons. The minimum atomic E-state index is 0. The molecule has 0 aromatic carbocycles. The van der Waals surface area contributed by atoms with Gasteiger partial charge >= 0.3 is 0 Å². The van der Waals surface area contributed by atoms with E-state index in [1.165, 1.54) is 9.75 Å². The highest BCUT2D eigenvalue weighted by molar-refractivity contribution is 14.0. The number of rotatable bonds is 8. The number of nitrogens with one attached hydrogen (secondary N) is 2. The van der Waals surface area contributed by atoms with Crippen molar-refractivity contribution in [2.45, 2.75) is 58.9 Å². The Morgan fingerprint density at radius 2 is 2.08 bits per heavy atom. The fraction of sp³-hybridized carbons (Fsp3) is 0.611. The number of nitrogens with zero attached hydrogens (tertiary/aromatic N) is 3. The third-order valence-corrected chi connectivity index (χ3v) is 4.79. The largest absolute Gasteiger partial charge is 0.356 e. The molecule has 26 heavy (non-hydrogen) atoms. The third-order valence-electron chi connectivity index (χ3n) is 3.77. The molecule has 8 heteroatoms. The molecule has 2 aromatic heterocycles. The van der Waals surface area contributed by atoms with E-state index in [0.717, 1.165) is 37.6 Å². The van der Waals surface area contributed by atoms with Crippen LogP contribution in [-0.2, 0) is 12.8 Å². The number of aromatic nitrogens is 2. The molecule has 0 aliphatic carbocycles. The van der Waals surface area contributed by atoms with Crippen LogP contribution in [-0.4, -0.2) is 35.7 Å². The Morgan fingerprint density at radius 1 is 1.31 bits per heavy atom. The molecule has 0 fully saturated rings. The van der Waals surface area contributed by atoms with Crippen molar-refractivity contribution in [3.05, 3.63) is 33.6 Å². The second-order valence-corrected chi connectivity index (χ2v) is 7.94. The van der Waals surface area contributed by atoms with Gasteiger partial charge in [0.2, 0.25) is 5.89 Å². The molecule has 2 heterocycles. The average Bonchev–Trinajstić information content (AvgIpc) is 3.19. The van der Waals surface area contributed by atoms with Gasteiger partial charge in [0.1, 0.15) is 0 Å². The quantitative estimate of drug-likeness (QED) is 0.254. The monoisotopic (exact) mass is 491 g/mol. The average molecular weight is 491 g/mol. The summed E-state index contributed by atoms with van der Waals surface area (Å²) in [4.78, 5) is 11.4. The summed E-state index contributed by atoms with van der Waals surface area (Å²) in [5.41, 5.74) is 0. The van der Waals surface area contributed by atoms with Crippen molar-refractivity contribution < 1.29 is 4.52 Å². The molecule has 146 valence electrons. The van der Waals surface area contributed by atoms with Gasteiger partial charge in [-0.3, -0.25) is 4.99 Å². The molecular weight excluding hydrogens is 461 g/mol. The van der Waals surface area contributed by atoms with E-state index in [1.807, 2.05) is 11.3 Å². The lowest BCUT2D eigenvalue weighted by Gasteiger charge is -2.17. The molecular formula is C18H30IN5OS. The first-order valence-corrected chi connectivity index (χ1v) is 9.64. The molecule has 2 aromatic rings. The zero-order valence-corrected chi connectivity index (χ0v) is 19.4. The Hall–Kier alpha value is -1.16. The fourth-order valence-corrected chi connectivity index (χ4v) is 3.45. The van der Waals surface area contributed by atoms with Crippen LogP contribution in [0, 0.1) is 6.92 Å². The van der Waals surface area contributed by atoms with Crippen LogP contribution < -0.4 is 10.6 Å². The van der Waals surface area contributed by atoms with E-state index in [0.29, 0.717) is 17.9 Å². The summed E-state index contributed by atoms with van der Waals surface area (Å²) in [6.45, 7) is 9.24. The van der Waals surface area contributed by atoms with Crippen molar-refractivity contribution in [3.63, 3.8) is 0 Å². The van der Waals surface area contributed by atoms with Gasteiger partial charge in [-0.05, 0) is 32.4 Å². The van der Waals surface area contributed by atoms with Gasteiger partial charge < -0.3 is 15.2 Å². The number of thiophene rings is 1. The molecule has 1 unspecified atom stereocenters. The number of guanidine groups is 1. The second-order valence-electron chi connectivity index (χ2n) is 6.57. The van der Waals surface area contributed by atoms with Crippen molar-refractivity contribution in [3.8, 4) is 0 Å². The van der Waals surface area contributed by atoms with E-state index in [-0.39, 0.29) is 24.0 Å². The van der Waals surface area contributed by atoms with Crippen LogP contribution >= 0.6 is 35.3 Å². The standard InChI is InChI=1S/C18H29N5OS.HI/c1-12(2)17-22-16(24-23-17)7-6-10-20-18(19-5)21-13(3)11-15-9-8-14(4)25-15;/h8-9,12-13H,6-7,10-11H2,1-5H3,(H2,19,20,21);1H. The topological polar surface area (TPSA) is 75.3 Å². The summed E-state index contributed by atoms with van der Waals surface area (Å²) < 4.78 is 5.26. The van der Waals surface area contributed by atoms with Crippen molar-refractivity contribution in [2.24, 2.45) is 4.99 Å². The maximum Gasteiger partial charge on any atom is 0.226 e. The number of halogens is 1. The smallest absolute Gasteiger partial charge is 0.226 e. The maximum absolute atomic E-state index is 5.26. The van der Waals surface area contributed by atoms with Crippen LogP contribution in [0.1, 0.15) is 54.6 Å². The predicted molar refractivity (Wildman–Crippen MR) is 119 cm³/mol. The predicted octanol–water partition coefficient (Wildman–Crippen LogP) is 3.91. The van der Waals surface area contributed by atoms with Crippen molar-refractivity contribution in [1.82, 2.24) is 20.8 Å². The van der Waals surface area contributed by atoms with Crippen LogP contribution in [0.25, 0.3) is 0 Å². The van der Waals surface area contributed by atoms with Crippen LogP contribution in [0.3, 0.4) is 0 Å². The summed E-state index contributed by atoms with van der Waals surface area (Å²) in [6, 6.07) is 4.69. The van der Waals surface area contributed by atoms with Crippen LogP contribution in [0.2, 0.25) is 0 Å². The molecule has 0 amide bonds. The third kappa shape index (κ3) is 7.61. The minimum Gasteiger partial charge on any atom is -0.356 e. The normalized spacial score (nSPS) is 12.8. The lowest BCUT2D eigenvalue weighted by molar-refractivity contribution is 0.368. The number of aryl methyl sites for hydroxylation is 2. The van der Waals surface area contributed by atoms with Gasteiger partial charge in [0, 0.05) is 48.1 Å². The first-order valence-electron chi connectivity index (χ1n) is 8.83. The summed E-state index contributed by atoms with van der Waals surface area (Å²) in [5, 5.41) is 10.8. The van der Waals surface area contributed by atoms with Gasteiger partial charge in [-0.2, -0.15) is 4.98 Å². The molecule has 0 bridgehead atoms. The van der Waals surface area contributed by atoms with Gasteiger partial charge in [-0.25, -0.2) is 0 Å². The molecule has 2 rings (SSSR count). The Morgan fingerprint density at radius 3 is 2.65 bits per heavy atom. The van der Waals surface area contributed by atoms with Gasteiger partial charge in [0.15, 0.2) is 11.8 Å². The Labute approximate surface area is 177 Å². The zero-order valence-electron chi connectivity index (χ0n) is 16.2. The van der Waals surface area contributed by atoms with Crippen LogP contribution in [0.4, 0.5) is 0 Å². The Kier molecular flexibility index (Phi) is 10.1. The van der Waals surface area contributed by atoms with Gasteiger partial charge in [-0.1, -0.05) is 19.0 Å². The van der Waals surface area contributed by atoms with Gasteiger partial charge in [0.25, 0.3) is 0 Å². The Balaban J connectivity index is 0.00000338. The van der Waals surface area contributed by atoms with E-state index in [4.69, 9.17) is 4.52 Å².